The van der Waals surface area contributed by atoms with E-state index in [9.17, 15) is 19.5 Å². The molecule has 164 valence electrons. The maximum atomic E-state index is 12.0. The van der Waals surface area contributed by atoms with Crippen LogP contribution in [0.3, 0.4) is 0 Å². The van der Waals surface area contributed by atoms with Gasteiger partial charge in [-0.2, -0.15) is 0 Å². The molecule has 1 aromatic rings. The molecule has 1 aliphatic rings. The van der Waals surface area contributed by atoms with Crippen molar-refractivity contribution in [1.29, 1.82) is 0 Å². The van der Waals surface area contributed by atoms with Crippen LogP contribution in [0, 0.1) is 5.41 Å². The standard InChI is InChI=1S/C22H31N3O5/c1-15(26)25-11-10-18(24-30-21(2,3)20(28)29)22(4,14-25)13-17-8-6-16(7-9-17)12-19(27)23-5/h6-9H,10-14H2,1-5H3,(H,23,27)(H,28,29)/b24-18+. The van der Waals surface area contributed by atoms with E-state index in [-0.39, 0.29) is 11.8 Å². The number of carboxylic acid groups (broad SMARTS) is 1. The summed E-state index contributed by atoms with van der Waals surface area (Å²) >= 11 is 0. The van der Waals surface area contributed by atoms with Gasteiger partial charge < -0.3 is 20.2 Å². The van der Waals surface area contributed by atoms with Crippen molar-refractivity contribution in [2.75, 3.05) is 20.1 Å². The fourth-order valence-electron chi connectivity index (χ4n) is 3.42. The number of benzene rings is 1. The highest BCUT2D eigenvalue weighted by atomic mass is 16.7. The van der Waals surface area contributed by atoms with Crippen molar-refractivity contribution >= 4 is 23.5 Å². The number of carbonyl (C=O) groups excluding carboxylic acids is 2. The number of hydrogen-bond donors (Lipinski definition) is 2. The maximum absolute atomic E-state index is 12.0. The highest BCUT2D eigenvalue weighted by Gasteiger charge is 2.39. The van der Waals surface area contributed by atoms with Gasteiger partial charge in [-0.3, -0.25) is 9.59 Å². The van der Waals surface area contributed by atoms with E-state index >= 15 is 0 Å². The van der Waals surface area contributed by atoms with Crippen molar-refractivity contribution in [3.63, 3.8) is 0 Å². The maximum Gasteiger partial charge on any atom is 0.350 e. The summed E-state index contributed by atoms with van der Waals surface area (Å²) in [4.78, 5) is 42.0. The van der Waals surface area contributed by atoms with Crippen molar-refractivity contribution in [1.82, 2.24) is 10.2 Å². The van der Waals surface area contributed by atoms with Gasteiger partial charge >= 0.3 is 5.97 Å². The Morgan fingerprint density at radius 2 is 1.83 bits per heavy atom. The molecule has 0 spiro atoms. The molecule has 1 aromatic carbocycles. The van der Waals surface area contributed by atoms with E-state index in [1.54, 1.807) is 18.9 Å². The van der Waals surface area contributed by atoms with E-state index in [1.165, 1.54) is 13.8 Å². The van der Waals surface area contributed by atoms with Gasteiger partial charge in [0.15, 0.2) is 0 Å². The molecule has 1 atom stereocenters. The summed E-state index contributed by atoms with van der Waals surface area (Å²) in [5.74, 6) is -1.15. The van der Waals surface area contributed by atoms with Crippen LogP contribution in [0.15, 0.2) is 29.4 Å². The summed E-state index contributed by atoms with van der Waals surface area (Å²) in [5.41, 5.74) is 0.753. The second-order valence-corrected chi connectivity index (χ2v) is 8.54. The van der Waals surface area contributed by atoms with Gasteiger partial charge in [0.1, 0.15) is 0 Å². The zero-order valence-electron chi connectivity index (χ0n) is 18.3. The smallest absolute Gasteiger partial charge is 0.350 e. The number of oxime groups is 1. The lowest BCUT2D eigenvalue weighted by atomic mass is 9.75. The number of nitrogens with zero attached hydrogens (tertiary/aromatic N) is 2. The van der Waals surface area contributed by atoms with E-state index in [1.807, 2.05) is 31.2 Å². The fraction of sp³-hybridized carbons (Fsp3) is 0.545. The van der Waals surface area contributed by atoms with Crippen molar-refractivity contribution in [2.24, 2.45) is 10.6 Å². The predicted molar refractivity (Wildman–Crippen MR) is 113 cm³/mol. The summed E-state index contributed by atoms with van der Waals surface area (Å²) in [6, 6.07) is 7.77. The van der Waals surface area contributed by atoms with Crippen LogP contribution in [0.25, 0.3) is 0 Å². The lowest BCUT2D eigenvalue weighted by Crippen LogP contribution is -2.50. The molecule has 2 N–H and O–H groups in total. The molecule has 0 aromatic heterocycles. The third kappa shape index (κ3) is 5.81. The third-order valence-electron chi connectivity index (χ3n) is 5.46. The Morgan fingerprint density at radius 1 is 1.23 bits per heavy atom. The molecule has 30 heavy (non-hydrogen) atoms. The minimum absolute atomic E-state index is 0.00650. The zero-order valence-corrected chi connectivity index (χ0v) is 18.3. The predicted octanol–water partition coefficient (Wildman–Crippen LogP) is 2.01. The van der Waals surface area contributed by atoms with Crippen LogP contribution < -0.4 is 5.32 Å². The Kier molecular flexibility index (Phi) is 7.23. The summed E-state index contributed by atoms with van der Waals surface area (Å²) in [6.45, 7) is 7.44. The first-order chi connectivity index (χ1) is 14.0. The number of nitrogens with one attached hydrogen (secondary N) is 1. The number of carbonyl (C=O) groups is 3. The van der Waals surface area contributed by atoms with E-state index in [0.717, 1.165) is 16.8 Å². The number of amides is 2. The van der Waals surface area contributed by atoms with Gasteiger partial charge in [0.25, 0.3) is 0 Å². The minimum atomic E-state index is -1.44. The number of likely N-dealkylation sites (N-methyl/N-ethyl adjacent to an activating group) is 1. The molecule has 1 aliphatic heterocycles. The number of aliphatic carboxylic acids is 1. The molecule has 1 unspecified atom stereocenters. The van der Waals surface area contributed by atoms with Crippen LogP contribution in [0.4, 0.5) is 0 Å². The monoisotopic (exact) mass is 417 g/mol. The molecule has 2 rings (SSSR count). The van der Waals surface area contributed by atoms with Crippen molar-refractivity contribution in [3.8, 4) is 0 Å². The minimum Gasteiger partial charge on any atom is -0.478 e. The first-order valence-corrected chi connectivity index (χ1v) is 10.00. The van der Waals surface area contributed by atoms with Gasteiger partial charge in [-0.15, -0.1) is 0 Å². The molecule has 0 aliphatic carbocycles. The Morgan fingerprint density at radius 3 is 2.37 bits per heavy atom. The molecule has 2 amide bonds. The summed E-state index contributed by atoms with van der Waals surface area (Å²) in [5, 5.41) is 16.1. The third-order valence-corrected chi connectivity index (χ3v) is 5.46. The molecule has 0 radical (unpaired) electrons. The highest BCUT2D eigenvalue weighted by Crippen LogP contribution is 2.32. The first kappa shape index (κ1) is 23.4. The van der Waals surface area contributed by atoms with Crippen LogP contribution in [0.5, 0.6) is 0 Å². The molecular formula is C22H31N3O5. The lowest BCUT2D eigenvalue weighted by molar-refractivity contribution is -0.161. The fourth-order valence-corrected chi connectivity index (χ4v) is 3.42. The first-order valence-electron chi connectivity index (χ1n) is 10.00. The van der Waals surface area contributed by atoms with Gasteiger partial charge in [0, 0.05) is 38.9 Å². The van der Waals surface area contributed by atoms with Crippen LogP contribution in [-0.2, 0) is 32.1 Å². The lowest BCUT2D eigenvalue weighted by Gasteiger charge is -2.41. The average molecular weight is 418 g/mol. The molecule has 1 fully saturated rings. The number of piperidine rings is 1. The van der Waals surface area contributed by atoms with Gasteiger partial charge in [-0.1, -0.05) is 36.3 Å². The molecular weight excluding hydrogens is 386 g/mol. The quantitative estimate of drug-likeness (QED) is 0.660. The van der Waals surface area contributed by atoms with Crippen molar-refractivity contribution in [2.45, 2.75) is 52.6 Å². The van der Waals surface area contributed by atoms with Crippen LogP contribution in [0.1, 0.15) is 45.2 Å². The Bertz CT molecular complexity index is 832. The van der Waals surface area contributed by atoms with Crippen molar-refractivity contribution < 1.29 is 24.3 Å². The van der Waals surface area contributed by atoms with E-state index in [0.29, 0.717) is 32.4 Å². The van der Waals surface area contributed by atoms with Crippen LogP contribution >= 0.6 is 0 Å². The van der Waals surface area contributed by atoms with E-state index in [2.05, 4.69) is 10.5 Å². The molecule has 8 heteroatoms. The molecule has 1 saturated heterocycles. The van der Waals surface area contributed by atoms with E-state index in [4.69, 9.17) is 4.84 Å². The largest absolute Gasteiger partial charge is 0.478 e. The Balaban J connectivity index is 2.26. The van der Waals surface area contributed by atoms with Crippen LogP contribution in [0.2, 0.25) is 0 Å². The van der Waals surface area contributed by atoms with Crippen molar-refractivity contribution in [3.05, 3.63) is 35.4 Å². The Hall–Kier alpha value is -2.90. The Labute approximate surface area is 177 Å². The normalized spacial score (nSPS) is 20.7. The number of rotatable bonds is 7. The van der Waals surface area contributed by atoms with Gasteiger partial charge in [0.2, 0.25) is 17.4 Å². The van der Waals surface area contributed by atoms with E-state index < -0.39 is 17.0 Å². The topological polar surface area (TPSA) is 108 Å². The van der Waals surface area contributed by atoms with Gasteiger partial charge in [-0.05, 0) is 31.4 Å². The summed E-state index contributed by atoms with van der Waals surface area (Å²) in [7, 11) is 1.61. The van der Waals surface area contributed by atoms with Crippen LogP contribution in [-0.4, -0.2) is 59.2 Å². The van der Waals surface area contributed by atoms with Gasteiger partial charge in [-0.25, -0.2) is 4.79 Å². The van der Waals surface area contributed by atoms with Gasteiger partial charge in [0.05, 0.1) is 12.1 Å². The zero-order chi connectivity index (χ0) is 22.5. The number of hydrogen-bond acceptors (Lipinski definition) is 5. The summed E-state index contributed by atoms with van der Waals surface area (Å²) in [6.07, 6.45) is 1.43. The molecule has 8 nitrogen and oxygen atoms in total. The average Bonchev–Trinajstić information content (AvgIpc) is 2.68. The second-order valence-electron chi connectivity index (χ2n) is 8.54. The molecule has 0 bridgehead atoms. The second kappa shape index (κ2) is 9.28. The highest BCUT2D eigenvalue weighted by molar-refractivity contribution is 5.92. The SMILES string of the molecule is CNC(=O)Cc1ccc(CC2(C)CN(C(C)=O)CC/C2=N\OC(C)(C)C(=O)O)cc1. The summed E-state index contributed by atoms with van der Waals surface area (Å²) < 4.78 is 0. The molecule has 1 heterocycles. The number of likely N-dealkylation sites (tertiary alicyclic amines) is 1. The molecule has 0 saturated carbocycles. The number of carboxylic acids is 1.